The third-order valence-corrected chi connectivity index (χ3v) is 3.39. The molecule has 2 heterocycles. The van der Waals surface area contributed by atoms with Crippen molar-refractivity contribution >= 4 is 28.2 Å². The van der Waals surface area contributed by atoms with Crippen molar-refractivity contribution in [3.8, 4) is 5.88 Å². The van der Waals surface area contributed by atoms with Gasteiger partial charge in [0.05, 0.1) is 7.11 Å². The fraction of sp³-hybridized carbons (Fsp3) is 0.133. The van der Waals surface area contributed by atoms with Crippen LogP contribution in [0, 0.1) is 0 Å². The van der Waals surface area contributed by atoms with Gasteiger partial charge in [-0.3, -0.25) is 0 Å². The zero-order valence-corrected chi connectivity index (χ0v) is 12.1. The Labute approximate surface area is 126 Å². The summed E-state index contributed by atoms with van der Waals surface area (Å²) >= 11 is 6.06. The molecule has 0 fully saturated rings. The third-order valence-electron chi connectivity index (χ3n) is 3.11. The summed E-state index contributed by atoms with van der Waals surface area (Å²) < 4.78 is 5.11. The van der Waals surface area contributed by atoms with Crippen LogP contribution in [0.1, 0.15) is 5.56 Å². The number of pyridine rings is 1. The molecule has 6 heteroatoms. The molecule has 106 valence electrons. The van der Waals surface area contributed by atoms with Crippen molar-refractivity contribution in [1.29, 1.82) is 0 Å². The van der Waals surface area contributed by atoms with Gasteiger partial charge >= 0.3 is 0 Å². The second-order valence-corrected chi connectivity index (χ2v) is 4.80. The molecule has 0 aliphatic heterocycles. The zero-order chi connectivity index (χ0) is 14.7. The predicted molar refractivity (Wildman–Crippen MR) is 82.7 cm³/mol. The monoisotopic (exact) mass is 300 g/mol. The van der Waals surface area contributed by atoms with E-state index in [2.05, 4.69) is 20.5 Å². The van der Waals surface area contributed by atoms with Crippen LogP contribution in [0.2, 0.25) is 5.15 Å². The largest absolute Gasteiger partial charge is 0.481 e. The number of ether oxygens (including phenoxy) is 1. The highest BCUT2D eigenvalue weighted by Crippen LogP contribution is 2.25. The Bertz CT molecular complexity index is 778. The number of fused-ring (bicyclic) bond motifs is 1. The van der Waals surface area contributed by atoms with E-state index in [4.69, 9.17) is 16.3 Å². The lowest BCUT2D eigenvalue weighted by Crippen LogP contribution is -2.04. The van der Waals surface area contributed by atoms with E-state index in [9.17, 15) is 0 Å². The van der Waals surface area contributed by atoms with Gasteiger partial charge < -0.3 is 10.1 Å². The highest BCUT2D eigenvalue weighted by Gasteiger charge is 2.07. The lowest BCUT2D eigenvalue weighted by molar-refractivity contribution is 0.397. The fourth-order valence-electron chi connectivity index (χ4n) is 2.06. The molecule has 2 aromatic heterocycles. The van der Waals surface area contributed by atoms with Crippen molar-refractivity contribution in [3.63, 3.8) is 0 Å². The van der Waals surface area contributed by atoms with E-state index in [-0.39, 0.29) is 0 Å². The molecule has 0 saturated carbocycles. The second kappa shape index (κ2) is 5.93. The standard InChI is InChI=1S/C15H13ClN4O/c1-21-13-8-10(6-7-17-13)9-18-15-12-5-3-2-4-11(12)14(16)19-20-15/h2-8H,9H2,1H3,(H,18,20). The lowest BCUT2D eigenvalue weighted by atomic mass is 10.2. The molecular weight excluding hydrogens is 288 g/mol. The molecule has 1 aromatic carbocycles. The van der Waals surface area contributed by atoms with Crippen LogP contribution in [-0.2, 0) is 6.54 Å². The van der Waals surface area contributed by atoms with Gasteiger partial charge in [0.25, 0.3) is 0 Å². The van der Waals surface area contributed by atoms with E-state index in [1.807, 2.05) is 36.4 Å². The number of nitrogens with zero attached hydrogens (tertiary/aromatic N) is 3. The first kappa shape index (κ1) is 13.6. The molecule has 3 aromatic rings. The molecule has 3 rings (SSSR count). The van der Waals surface area contributed by atoms with Crippen molar-refractivity contribution in [2.24, 2.45) is 0 Å². The van der Waals surface area contributed by atoms with Crippen LogP contribution >= 0.6 is 11.6 Å². The third kappa shape index (κ3) is 2.87. The number of halogens is 1. The zero-order valence-electron chi connectivity index (χ0n) is 11.4. The van der Waals surface area contributed by atoms with Crippen molar-refractivity contribution in [1.82, 2.24) is 15.2 Å². The highest BCUT2D eigenvalue weighted by atomic mass is 35.5. The van der Waals surface area contributed by atoms with Crippen molar-refractivity contribution < 1.29 is 4.74 Å². The summed E-state index contributed by atoms with van der Waals surface area (Å²) in [6, 6.07) is 11.5. The number of hydrogen-bond acceptors (Lipinski definition) is 5. The Balaban J connectivity index is 1.87. The van der Waals surface area contributed by atoms with Crippen molar-refractivity contribution in [2.75, 3.05) is 12.4 Å². The Kier molecular flexibility index (Phi) is 3.83. The van der Waals surface area contributed by atoms with Crippen molar-refractivity contribution in [3.05, 3.63) is 53.3 Å². The predicted octanol–water partition coefficient (Wildman–Crippen LogP) is 3.30. The highest BCUT2D eigenvalue weighted by molar-refractivity contribution is 6.34. The molecule has 0 unspecified atom stereocenters. The average molecular weight is 301 g/mol. The molecule has 0 spiro atoms. The van der Waals surface area contributed by atoms with Gasteiger partial charge in [0.2, 0.25) is 5.88 Å². The summed E-state index contributed by atoms with van der Waals surface area (Å²) in [6.45, 7) is 0.596. The van der Waals surface area contributed by atoms with Gasteiger partial charge in [-0.15, -0.1) is 10.2 Å². The van der Waals surface area contributed by atoms with Crippen LogP contribution in [-0.4, -0.2) is 22.3 Å². The van der Waals surface area contributed by atoms with Crippen LogP contribution < -0.4 is 10.1 Å². The van der Waals surface area contributed by atoms with Crippen LogP contribution in [0.3, 0.4) is 0 Å². The van der Waals surface area contributed by atoms with Crippen molar-refractivity contribution in [2.45, 2.75) is 6.54 Å². The first-order valence-electron chi connectivity index (χ1n) is 6.41. The normalized spacial score (nSPS) is 10.6. The maximum atomic E-state index is 6.06. The summed E-state index contributed by atoms with van der Waals surface area (Å²) in [7, 11) is 1.59. The Morgan fingerprint density at radius 3 is 2.76 bits per heavy atom. The van der Waals surface area contributed by atoms with Crippen LogP contribution in [0.5, 0.6) is 5.88 Å². The summed E-state index contributed by atoms with van der Waals surface area (Å²) in [4.78, 5) is 4.08. The smallest absolute Gasteiger partial charge is 0.213 e. The van der Waals surface area contributed by atoms with Crippen LogP contribution in [0.4, 0.5) is 5.82 Å². The Morgan fingerprint density at radius 1 is 1.14 bits per heavy atom. The van der Waals surface area contributed by atoms with Gasteiger partial charge in [-0.05, 0) is 11.6 Å². The minimum Gasteiger partial charge on any atom is -0.481 e. The van der Waals surface area contributed by atoms with E-state index in [0.717, 1.165) is 16.3 Å². The number of methoxy groups -OCH3 is 1. The quantitative estimate of drug-likeness (QED) is 0.801. The molecule has 0 atom stereocenters. The maximum absolute atomic E-state index is 6.06. The van der Waals surface area contributed by atoms with Crippen LogP contribution in [0.25, 0.3) is 10.8 Å². The Morgan fingerprint density at radius 2 is 1.95 bits per heavy atom. The molecule has 1 N–H and O–H groups in total. The van der Waals surface area contributed by atoms with Gasteiger partial charge in [-0.2, -0.15) is 0 Å². The molecule has 0 amide bonds. The molecule has 0 bridgehead atoms. The summed E-state index contributed by atoms with van der Waals surface area (Å²) in [6.07, 6.45) is 1.71. The second-order valence-electron chi connectivity index (χ2n) is 4.45. The molecule has 5 nitrogen and oxygen atoms in total. The Hall–Kier alpha value is -2.40. The topological polar surface area (TPSA) is 59.9 Å². The minimum atomic E-state index is 0.404. The van der Waals surface area contributed by atoms with E-state index in [1.54, 1.807) is 13.3 Å². The summed E-state index contributed by atoms with van der Waals surface area (Å²) in [5, 5.41) is 13.6. The maximum Gasteiger partial charge on any atom is 0.213 e. The molecule has 21 heavy (non-hydrogen) atoms. The number of hydrogen-bond donors (Lipinski definition) is 1. The minimum absolute atomic E-state index is 0.404. The number of anilines is 1. The molecule has 0 aliphatic carbocycles. The average Bonchev–Trinajstić information content (AvgIpc) is 2.55. The molecular formula is C15H13ClN4O. The number of nitrogens with one attached hydrogen (secondary N) is 1. The van der Waals surface area contributed by atoms with Gasteiger partial charge in [0.15, 0.2) is 11.0 Å². The summed E-state index contributed by atoms with van der Waals surface area (Å²) in [5.74, 6) is 1.28. The fourth-order valence-corrected chi connectivity index (χ4v) is 2.26. The van der Waals surface area contributed by atoms with Gasteiger partial charge in [0.1, 0.15) is 0 Å². The first-order chi connectivity index (χ1) is 10.3. The number of benzene rings is 1. The number of rotatable bonds is 4. The van der Waals surface area contributed by atoms with Gasteiger partial charge in [0, 0.05) is 29.6 Å². The molecule has 0 aliphatic rings. The van der Waals surface area contributed by atoms with Gasteiger partial charge in [-0.25, -0.2) is 4.98 Å². The lowest BCUT2D eigenvalue weighted by Gasteiger charge is -2.09. The molecule has 0 radical (unpaired) electrons. The van der Waals surface area contributed by atoms with E-state index in [1.165, 1.54) is 0 Å². The van der Waals surface area contributed by atoms with E-state index < -0.39 is 0 Å². The summed E-state index contributed by atoms with van der Waals surface area (Å²) in [5.41, 5.74) is 1.04. The van der Waals surface area contributed by atoms with Crippen LogP contribution in [0.15, 0.2) is 42.6 Å². The number of aromatic nitrogens is 3. The first-order valence-corrected chi connectivity index (χ1v) is 6.79. The van der Waals surface area contributed by atoms with E-state index >= 15 is 0 Å². The SMILES string of the molecule is COc1cc(CNc2nnc(Cl)c3ccccc23)ccn1. The van der Waals surface area contributed by atoms with E-state index in [0.29, 0.717) is 23.4 Å². The van der Waals surface area contributed by atoms with Gasteiger partial charge in [-0.1, -0.05) is 35.9 Å². The molecule has 0 saturated heterocycles.